The monoisotopic (exact) mass is 477 g/mol. The number of hydrogen-bond donors (Lipinski definition) is 1. The average Bonchev–Trinajstić information content (AvgIpc) is 2.67. The summed E-state index contributed by atoms with van der Waals surface area (Å²) in [6.07, 6.45) is 2.26. The number of benzene rings is 1. The van der Waals surface area contributed by atoms with Gasteiger partial charge in [0.25, 0.3) is 0 Å². The molecule has 1 spiro atoms. The predicted octanol–water partition coefficient (Wildman–Crippen LogP) is 2.95. The summed E-state index contributed by atoms with van der Waals surface area (Å²) >= 11 is 3.35. The fraction of sp³-hybridized carbons (Fsp3) is 0.611. The Morgan fingerprint density at radius 3 is 2.93 bits per heavy atom. The maximum atomic E-state index is 15.7. The first-order valence-corrected chi connectivity index (χ1v) is 11.1. The van der Waals surface area contributed by atoms with E-state index in [9.17, 15) is 4.21 Å². The van der Waals surface area contributed by atoms with Crippen molar-refractivity contribution in [2.24, 2.45) is 0 Å². The Morgan fingerprint density at radius 1 is 1.50 bits per heavy atom. The van der Waals surface area contributed by atoms with E-state index in [2.05, 4.69) is 27.1 Å². The third-order valence-corrected chi connectivity index (χ3v) is 6.49. The second-order valence-corrected chi connectivity index (χ2v) is 9.12. The van der Waals surface area contributed by atoms with Crippen LogP contribution in [-0.4, -0.2) is 54.8 Å². The SMILES string of the molecule is C=B[S@@](=O)N[C@]1(C(F)(F)COCC)CC2(CCCOC2)Oc2ccc(Br)cc21. The molecule has 2 aliphatic rings. The molecule has 5 nitrogen and oxygen atoms in total. The molecule has 1 N–H and O–H groups in total. The molecule has 2 aliphatic heterocycles. The summed E-state index contributed by atoms with van der Waals surface area (Å²) in [6, 6.07) is 4.97. The number of fused-ring (bicyclic) bond motifs is 1. The molecule has 1 unspecified atom stereocenters. The number of ether oxygens (including phenoxy) is 3. The van der Waals surface area contributed by atoms with E-state index in [1.54, 1.807) is 25.1 Å². The standard InChI is InChI=1S/C18H23BBrF2NO4S/c1-3-25-12-18(21,22)17(23-28(24)19-2)10-16(7-4-8-26-11-16)27-15-6-5-13(20)9-14(15)17/h5-6,9,23H,2-4,7-8,10-12H2,1H3/t16?,17-,28-/m1/s1. The van der Waals surface area contributed by atoms with Crippen LogP contribution in [0.2, 0.25) is 0 Å². The second-order valence-electron chi connectivity index (χ2n) is 7.07. The minimum atomic E-state index is -3.37. The Labute approximate surface area is 175 Å². The van der Waals surface area contributed by atoms with Gasteiger partial charge in [0.2, 0.25) is 0 Å². The van der Waals surface area contributed by atoms with Gasteiger partial charge in [-0.05, 0) is 0 Å². The number of nitrogens with one attached hydrogen (secondary N) is 1. The van der Waals surface area contributed by atoms with Crippen molar-refractivity contribution in [2.75, 3.05) is 26.4 Å². The van der Waals surface area contributed by atoms with E-state index in [1.165, 1.54) is 0 Å². The number of hydrogen-bond acceptors (Lipinski definition) is 4. The van der Waals surface area contributed by atoms with Gasteiger partial charge in [-0.15, -0.1) is 0 Å². The Morgan fingerprint density at radius 2 is 2.29 bits per heavy atom. The Balaban J connectivity index is 2.19. The molecular formula is C18H23BBrF2NO4S. The first kappa shape index (κ1) is 22.0. The fourth-order valence-corrected chi connectivity index (χ4v) is 5.00. The van der Waals surface area contributed by atoms with E-state index in [0.29, 0.717) is 29.7 Å². The first-order chi connectivity index (χ1) is 13.3. The van der Waals surface area contributed by atoms with Crippen LogP contribution < -0.4 is 9.46 Å². The zero-order valence-corrected chi connectivity index (χ0v) is 18.0. The van der Waals surface area contributed by atoms with Gasteiger partial charge in [-0.3, -0.25) is 0 Å². The van der Waals surface area contributed by atoms with Crippen LogP contribution >= 0.6 is 15.9 Å². The third-order valence-electron chi connectivity index (χ3n) is 5.14. The molecular weight excluding hydrogens is 455 g/mol. The predicted molar refractivity (Wildman–Crippen MR) is 109 cm³/mol. The Bertz CT molecular complexity index is 763. The van der Waals surface area contributed by atoms with Gasteiger partial charge in [-0.25, -0.2) is 0 Å². The van der Waals surface area contributed by atoms with E-state index in [1.807, 2.05) is 0 Å². The van der Waals surface area contributed by atoms with Crippen molar-refractivity contribution in [3.8, 4) is 5.75 Å². The quantitative estimate of drug-likeness (QED) is 0.613. The van der Waals surface area contributed by atoms with Crippen LogP contribution in [0.1, 0.15) is 31.7 Å². The molecule has 1 fully saturated rings. The average molecular weight is 478 g/mol. The molecule has 1 saturated heterocycles. The van der Waals surface area contributed by atoms with Gasteiger partial charge >= 0.3 is 175 Å². The van der Waals surface area contributed by atoms with E-state index < -0.39 is 34.5 Å². The molecule has 0 radical (unpaired) electrons. The number of rotatable bonds is 7. The van der Waals surface area contributed by atoms with Crippen LogP contribution in [0.25, 0.3) is 0 Å². The van der Waals surface area contributed by atoms with E-state index in [4.69, 9.17) is 14.2 Å². The van der Waals surface area contributed by atoms with Crippen LogP contribution in [0.5, 0.6) is 5.75 Å². The topological polar surface area (TPSA) is 56.8 Å². The van der Waals surface area contributed by atoms with Crippen molar-refractivity contribution in [1.29, 1.82) is 0 Å². The number of alkyl halides is 2. The van der Waals surface area contributed by atoms with Gasteiger partial charge in [0, 0.05) is 0 Å². The molecule has 3 atom stereocenters. The van der Waals surface area contributed by atoms with Gasteiger partial charge in [0.15, 0.2) is 0 Å². The van der Waals surface area contributed by atoms with Crippen molar-refractivity contribution in [2.45, 2.75) is 43.2 Å². The Hall–Kier alpha value is -0.675. The van der Waals surface area contributed by atoms with Crippen molar-refractivity contribution in [1.82, 2.24) is 4.72 Å². The molecule has 0 saturated carbocycles. The summed E-state index contributed by atoms with van der Waals surface area (Å²) < 4.78 is 64.0. The third kappa shape index (κ3) is 4.12. The maximum absolute atomic E-state index is 15.7. The van der Waals surface area contributed by atoms with Crippen molar-refractivity contribution in [3.05, 3.63) is 28.2 Å². The zero-order valence-electron chi connectivity index (χ0n) is 15.6. The van der Waals surface area contributed by atoms with Gasteiger partial charge in [0.1, 0.15) is 0 Å². The normalized spacial score (nSPS) is 28.3. The molecule has 0 bridgehead atoms. The van der Waals surface area contributed by atoms with Gasteiger partial charge < -0.3 is 0 Å². The van der Waals surface area contributed by atoms with Gasteiger partial charge in [-0.1, -0.05) is 0 Å². The summed E-state index contributed by atoms with van der Waals surface area (Å²) in [5, 5.41) is 0. The molecule has 2 heterocycles. The molecule has 0 aliphatic carbocycles. The van der Waals surface area contributed by atoms with Crippen molar-refractivity contribution >= 4 is 39.4 Å². The summed E-state index contributed by atoms with van der Waals surface area (Å²) in [5.41, 5.74) is -2.68. The van der Waals surface area contributed by atoms with Crippen LogP contribution in [0.3, 0.4) is 0 Å². The fourth-order valence-electron chi connectivity index (χ4n) is 3.88. The van der Waals surface area contributed by atoms with Crippen LogP contribution in [0.15, 0.2) is 22.7 Å². The second kappa shape index (κ2) is 8.59. The van der Waals surface area contributed by atoms with E-state index in [0.717, 1.165) is 6.20 Å². The Kier molecular flexibility index (Phi) is 6.76. The summed E-state index contributed by atoms with van der Waals surface area (Å²) in [7, 11) is -1.88. The van der Waals surface area contributed by atoms with Gasteiger partial charge in [0.05, 0.1) is 0 Å². The van der Waals surface area contributed by atoms with Crippen LogP contribution in [-0.2, 0) is 25.8 Å². The van der Waals surface area contributed by atoms with Crippen molar-refractivity contribution in [3.63, 3.8) is 0 Å². The molecule has 0 aromatic heterocycles. The number of halogens is 3. The zero-order chi connectivity index (χ0) is 20.4. The summed E-state index contributed by atoms with van der Waals surface area (Å²) in [5.74, 6) is -3.05. The molecule has 0 amide bonds. The minimum absolute atomic E-state index is 0.108. The first-order valence-electron chi connectivity index (χ1n) is 9.11. The molecule has 154 valence electrons. The van der Waals surface area contributed by atoms with Crippen LogP contribution in [0.4, 0.5) is 8.78 Å². The molecule has 10 heteroatoms. The molecule has 1 aromatic carbocycles. The van der Waals surface area contributed by atoms with Gasteiger partial charge in [-0.2, -0.15) is 0 Å². The molecule has 3 rings (SSSR count). The summed E-state index contributed by atoms with van der Waals surface area (Å²) in [4.78, 5) is 0. The van der Waals surface area contributed by atoms with E-state index in [-0.39, 0.29) is 25.2 Å². The van der Waals surface area contributed by atoms with Crippen molar-refractivity contribution < 1.29 is 27.2 Å². The summed E-state index contributed by atoms with van der Waals surface area (Å²) in [6.45, 7) is 5.22. The molecule has 1 aromatic rings. The molecule has 28 heavy (non-hydrogen) atoms. The van der Waals surface area contributed by atoms with E-state index >= 15 is 8.78 Å². The van der Waals surface area contributed by atoms with Crippen LogP contribution in [0, 0.1) is 0 Å².